The number of para-hydroxylation sites is 2. The predicted molar refractivity (Wildman–Crippen MR) is 130 cm³/mol. The van der Waals surface area contributed by atoms with E-state index in [1.54, 1.807) is 0 Å². The van der Waals surface area contributed by atoms with E-state index in [1.807, 2.05) is 0 Å². The van der Waals surface area contributed by atoms with Gasteiger partial charge in [0.15, 0.2) is 0 Å². The van der Waals surface area contributed by atoms with Gasteiger partial charge in [-0.3, -0.25) is 4.79 Å². The van der Waals surface area contributed by atoms with Crippen molar-refractivity contribution in [3.05, 3.63) is 53.1 Å². The van der Waals surface area contributed by atoms with Crippen LogP contribution in [0.25, 0.3) is 0 Å². The largest absolute Gasteiger partial charge is 0.493 e. The summed E-state index contributed by atoms with van der Waals surface area (Å²) in [7, 11) is 0. The van der Waals surface area contributed by atoms with E-state index in [-0.39, 0.29) is 0 Å². The number of likely N-dealkylation sites (tertiary alicyclic amines) is 1. The van der Waals surface area contributed by atoms with Crippen LogP contribution in [0.5, 0.6) is 5.75 Å². The lowest BCUT2D eigenvalue weighted by Crippen LogP contribution is -2.55. The lowest BCUT2D eigenvalue weighted by atomic mass is 9.88. The van der Waals surface area contributed by atoms with Crippen LogP contribution in [0.2, 0.25) is 0 Å². The summed E-state index contributed by atoms with van der Waals surface area (Å²) in [5, 5.41) is 0. The molecule has 0 unspecified atom stereocenters. The van der Waals surface area contributed by atoms with Crippen LogP contribution < -0.4 is 14.5 Å². The maximum Gasteiger partial charge on any atom is 0.246 e. The van der Waals surface area contributed by atoms with Gasteiger partial charge in [-0.05, 0) is 67.8 Å². The van der Waals surface area contributed by atoms with Crippen LogP contribution in [0, 0.1) is 0 Å². The summed E-state index contributed by atoms with van der Waals surface area (Å²) in [4.78, 5) is 20.4. The molecule has 7 rings (SSSR count). The maximum atomic E-state index is 13.1. The van der Waals surface area contributed by atoms with Crippen LogP contribution in [0.1, 0.15) is 54.7 Å². The Kier molecular flexibility index (Phi) is 4.68. The van der Waals surface area contributed by atoms with Crippen LogP contribution in [0.15, 0.2) is 36.4 Å². The topological polar surface area (TPSA) is 36.0 Å². The number of amides is 1. The predicted octanol–water partition coefficient (Wildman–Crippen LogP) is 4.13. The Labute approximate surface area is 196 Å². The standard InChI is InChI=1S/C28H33N3O2/c32-26-18-30-24-12-15-29(14-4-7-19-5-1-6-20-13-16-33-28(19)20)17-23(24)22-10-3-11-25(27(22)30)31(26)21-8-2-9-21/h1,3,5-6,10-11,21,23-24H,2,4,7-9,12-18H2/t23-,24-/m0/s1. The zero-order valence-electron chi connectivity index (χ0n) is 19.3. The molecule has 2 aromatic rings. The average molecular weight is 444 g/mol. The van der Waals surface area contributed by atoms with Gasteiger partial charge in [0.2, 0.25) is 5.91 Å². The highest BCUT2D eigenvalue weighted by Gasteiger charge is 2.48. The molecule has 1 saturated heterocycles. The van der Waals surface area contributed by atoms with Crippen molar-refractivity contribution in [2.45, 2.75) is 62.9 Å². The maximum absolute atomic E-state index is 13.1. The Morgan fingerprint density at radius 2 is 1.97 bits per heavy atom. The summed E-state index contributed by atoms with van der Waals surface area (Å²) in [5.41, 5.74) is 6.80. The number of nitrogens with zero attached hydrogens (tertiary/aromatic N) is 3. The number of carbonyl (C=O) groups excluding carboxylic acids is 1. The van der Waals surface area contributed by atoms with Crippen molar-refractivity contribution in [3.8, 4) is 5.75 Å². The molecule has 4 aliphatic heterocycles. The molecule has 2 atom stereocenters. The second-order valence-electron chi connectivity index (χ2n) is 10.6. The summed E-state index contributed by atoms with van der Waals surface area (Å²) in [6.45, 7) is 4.78. The molecule has 0 aromatic heterocycles. The number of benzene rings is 2. The lowest BCUT2D eigenvalue weighted by Gasteiger charge is -2.45. The van der Waals surface area contributed by atoms with Crippen LogP contribution in [0.3, 0.4) is 0 Å². The molecular weight excluding hydrogens is 410 g/mol. The van der Waals surface area contributed by atoms with Crippen LogP contribution >= 0.6 is 0 Å². The van der Waals surface area contributed by atoms with Crippen molar-refractivity contribution in [3.63, 3.8) is 0 Å². The van der Waals surface area contributed by atoms with Crippen LogP contribution in [-0.2, 0) is 17.6 Å². The monoisotopic (exact) mass is 443 g/mol. The molecular formula is C28H33N3O2. The molecule has 2 fully saturated rings. The van der Waals surface area contributed by atoms with E-state index in [2.05, 4.69) is 51.1 Å². The molecule has 5 heteroatoms. The fraction of sp³-hybridized carbons (Fsp3) is 0.536. The fourth-order valence-electron chi connectivity index (χ4n) is 6.98. The number of hydrogen-bond donors (Lipinski definition) is 0. The highest BCUT2D eigenvalue weighted by molar-refractivity contribution is 6.05. The van der Waals surface area contributed by atoms with Gasteiger partial charge in [0.25, 0.3) is 0 Å². The summed E-state index contributed by atoms with van der Waals surface area (Å²) < 4.78 is 5.90. The number of hydrogen-bond acceptors (Lipinski definition) is 4. The highest BCUT2D eigenvalue weighted by Crippen LogP contribution is 2.52. The molecule has 5 nitrogen and oxygen atoms in total. The first-order valence-corrected chi connectivity index (χ1v) is 13.0. The van der Waals surface area contributed by atoms with Gasteiger partial charge in [-0.25, -0.2) is 0 Å². The van der Waals surface area contributed by atoms with Crippen molar-refractivity contribution in [1.29, 1.82) is 0 Å². The third-order valence-electron chi connectivity index (χ3n) is 8.78. The Hall–Kier alpha value is -2.53. The molecule has 0 spiro atoms. The Balaban J connectivity index is 1.07. The summed E-state index contributed by atoms with van der Waals surface area (Å²) in [6.07, 6.45) is 8.03. The number of anilines is 2. The molecule has 0 bridgehead atoms. The Morgan fingerprint density at radius 3 is 2.85 bits per heavy atom. The molecule has 2 aromatic carbocycles. The van der Waals surface area contributed by atoms with E-state index in [0.717, 1.165) is 64.1 Å². The molecule has 1 amide bonds. The van der Waals surface area contributed by atoms with Crippen molar-refractivity contribution >= 4 is 17.3 Å². The van der Waals surface area contributed by atoms with Gasteiger partial charge in [0, 0.05) is 37.5 Å². The minimum atomic E-state index is 0.310. The SMILES string of the molecule is O=C1CN2c3c(cccc3N1C1CCC1)[C@@H]1CN(CCCc3cccc4c3OCC4)CC[C@@H]12. The first-order valence-electron chi connectivity index (χ1n) is 13.0. The summed E-state index contributed by atoms with van der Waals surface area (Å²) >= 11 is 0. The third kappa shape index (κ3) is 3.12. The number of aryl methyl sites for hydroxylation is 1. The van der Waals surface area contributed by atoms with E-state index in [4.69, 9.17) is 4.74 Å². The second kappa shape index (κ2) is 7.76. The van der Waals surface area contributed by atoms with E-state index >= 15 is 0 Å². The Morgan fingerprint density at radius 1 is 1.06 bits per heavy atom. The minimum absolute atomic E-state index is 0.310. The number of fused-ring (bicyclic) bond motifs is 4. The van der Waals surface area contributed by atoms with Gasteiger partial charge in [-0.1, -0.05) is 30.3 Å². The third-order valence-corrected chi connectivity index (χ3v) is 8.78. The molecule has 172 valence electrons. The van der Waals surface area contributed by atoms with Crippen molar-refractivity contribution in [2.75, 3.05) is 42.6 Å². The van der Waals surface area contributed by atoms with Crippen molar-refractivity contribution in [2.24, 2.45) is 0 Å². The van der Waals surface area contributed by atoms with Gasteiger partial charge >= 0.3 is 0 Å². The quantitative estimate of drug-likeness (QED) is 0.696. The molecule has 4 heterocycles. The number of ether oxygens (including phenoxy) is 1. The molecule has 1 saturated carbocycles. The van der Waals surface area contributed by atoms with E-state index in [0.29, 0.717) is 30.5 Å². The number of piperidine rings is 1. The van der Waals surface area contributed by atoms with Crippen molar-refractivity contribution < 1.29 is 9.53 Å². The van der Waals surface area contributed by atoms with Gasteiger partial charge in [-0.2, -0.15) is 0 Å². The van der Waals surface area contributed by atoms with Crippen LogP contribution in [-0.4, -0.2) is 55.7 Å². The van der Waals surface area contributed by atoms with Gasteiger partial charge in [0.05, 0.1) is 24.5 Å². The van der Waals surface area contributed by atoms with E-state index in [1.165, 1.54) is 40.9 Å². The molecule has 0 radical (unpaired) electrons. The zero-order chi connectivity index (χ0) is 21.9. The first kappa shape index (κ1) is 19.9. The zero-order valence-corrected chi connectivity index (χ0v) is 19.3. The van der Waals surface area contributed by atoms with Crippen LogP contribution in [0.4, 0.5) is 11.4 Å². The number of rotatable bonds is 5. The van der Waals surface area contributed by atoms with E-state index < -0.39 is 0 Å². The van der Waals surface area contributed by atoms with Crippen molar-refractivity contribution in [1.82, 2.24) is 4.90 Å². The molecule has 1 aliphatic carbocycles. The van der Waals surface area contributed by atoms with Gasteiger partial charge < -0.3 is 19.4 Å². The fourth-order valence-corrected chi connectivity index (χ4v) is 6.98. The minimum Gasteiger partial charge on any atom is -0.493 e. The highest BCUT2D eigenvalue weighted by atomic mass is 16.5. The number of carbonyl (C=O) groups is 1. The Bertz CT molecular complexity index is 1090. The summed E-state index contributed by atoms with van der Waals surface area (Å²) in [6, 6.07) is 14.3. The van der Waals surface area contributed by atoms with Gasteiger partial charge in [-0.15, -0.1) is 0 Å². The normalized spacial score (nSPS) is 26.0. The average Bonchev–Trinajstić information content (AvgIpc) is 3.40. The van der Waals surface area contributed by atoms with Gasteiger partial charge in [0.1, 0.15) is 5.75 Å². The first-order chi connectivity index (χ1) is 16.3. The molecule has 5 aliphatic rings. The lowest BCUT2D eigenvalue weighted by molar-refractivity contribution is -0.118. The second-order valence-corrected chi connectivity index (χ2v) is 10.6. The summed E-state index contributed by atoms with van der Waals surface area (Å²) in [5.74, 6) is 1.99. The smallest absolute Gasteiger partial charge is 0.246 e. The molecule has 33 heavy (non-hydrogen) atoms. The molecule has 0 N–H and O–H groups in total. The van der Waals surface area contributed by atoms with E-state index in [9.17, 15) is 4.79 Å².